The molecule has 0 spiro atoms. The number of sulfonamides is 1. The Morgan fingerprint density at radius 1 is 1.12 bits per heavy atom. The Labute approximate surface area is 156 Å². The van der Waals surface area contributed by atoms with Crippen LogP contribution >= 0.6 is 0 Å². The van der Waals surface area contributed by atoms with Gasteiger partial charge in [0, 0.05) is 39.3 Å². The number of hydrogen-bond acceptors (Lipinski definition) is 6. The van der Waals surface area contributed by atoms with Crippen molar-refractivity contribution in [1.82, 2.24) is 19.3 Å². The minimum absolute atomic E-state index is 0.121. The lowest BCUT2D eigenvalue weighted by molar-refractivity contribution is -0.132. The number of nitrogens with zero attached hydrogens (tertiary/aromatic N) is 4. The summed E-state index contributed by atoms with van der Waals surface area (Å²) >= 11 is 0. The average Bonchev–Trinajstić information content (AvgIpc) is 2.94. The van der Waals surface area contributed by atoms with Gasteiger partial charge in [0.05, 0.1) is 6.54 Å². The first-order valence-electron chi connectivity index (χ1n) is 9.24. The van der Waals surface area contributed by atoms with Gasteiger partial charge in [0.2, 0.25) is 15.9 Å². The quantitative estimate of drug-likeness (QED) is 0.668. The van der Waals surface area contributed by atoms with Crippen molar-refractivity contribution in [2.24, 2.45) is 0 Å². The molecule has 1 aliphatic heterocycles. The van der Waals surface area contributed by atoms with Crippen molar-refractivity contribution in [3.05, 3.63) is 11.5 Å². The number of carbonyl (C=O) groups excluding carboxylic acids is 1. The first-order valence-corrected chi connectivity index (χ1v) is 10.7. The Hall–Kier alpha value is -1.45. The maximum absolute atomic E-state index is 12.8. The van der Waals surface area contributed by atoms with E-state index >= 15 is 0 Å². The van der Waals surface area contributed by atoms with Crippen LogP contribution in [0, 0.1) is 13.8 Å². The summed E-state index contributed by atoms with van der Waals surface area (Å²) in [5.41, 5.74) is 0.384. The Bertz CT molecular complexity index is 683. The van der Waals surface area contributed by atoms with Gasteiger partial charge in [0.15, 0.2) is 5.76 Å². The van der Waals surface area contributed by atoms with Gasteiger partial charge < -0.3 is 9.42 Å². The van der Waals surface area contributed by atoms with E-state index in [4.69, 9.17) is 4.52 Å². The van der Waals surface area contributed by atoms with E-state index in [9.17, 15) is 13.2 Å². The van der Waals surface area contributed by atoms with E-state index in [0.717, 1.165) is 25.9 Å². The van der Waals surface area contributed by atoms with Crippen LogP contribution in [0.15, 0.2) is 9.42 Å². The standard InChI is InChI=1S/C17H30N4O4S/c1-5-7-20(8-6-2)16(22)13-19-9-11-21(12-10-19)26(23,24)17-14(3)18-25-15(17)4/h5-13H2,1-4H3. The first kappa shape index (κ1) is 20.9. The molecule has 1 aliphatic rings. The van der Waals surface area contributed by atoms with Crippen LogP contribution in [0.2, 0.25) is 0 Å². The number of amides is 1. The molecule has 0 radical (unpaired) electrons. The van der Waals surface area contributed by atoms with E-state index in [-0.39, 0.29) is 10.8 Å². The fraction of sp³-hybridized carbons (Fsp3) is 0.765. The van der Waals surface area contributed by atoms with Crippen LogP contribution in [0.4, 0.5) is 0 Å². The molecule has 9 heteroatoms. The fourth-order valence-electron chi connectivity index (χ4n) is 3.29. The van der Waals surface area contributed by atoms with E-state index in [2.05, 4.69) is 19.0 Å². The Balaban J connectivity index is 1.95. The van der Waals surface area contributed by atoms with Crippen molar-refractivity contribution < 1.29 is 17.7 Å². The van der Waals surface area contributed by atoms with Crippen molar-refractivity contribution in [3.8, 4) is 0 Å². The van der Waals surface area contributed by atoms with E-state index in [0.29, 0.717) is 44.2 Å². The predicted molar refractivity (Wildman–Crippen MR) is 98.3 cm³/mol. The molecule has 0 bridgehead atoms. The SMILES string of the molecule is CCCN(CCC)C(=O)CN1CCN(S(=O)(=O)c2c(C)noc2C)CC1. The third-order valence-corrected chi connectivity index (χ3v) is 6.74. The third-order valence-electron chi connectivity index (χ3n) is 4.60. The molecule has 2 rings (SSSR count). The predicted octanol–water partition coefficient (Wildman–Crippen LogP) is 1.25. The minimum atomic E-state index is -3.61. The van der Waals surface area contributed by atoms with E-state index in [1.165, 1.54) is 4.31 Å². The maximum atomic E-state index is 12.8. The molecular weight excluding hydrogens is 356 g/mol. The summed E-state index contributed by atoms with van der Waals surface area (Å²) in [6.07, 6.45) is 1.88. The molecule has 26 heavy (non-hydrogen) atoms. The topological polar surface area (TPSA) is 87.0 Å². The van der Waals surface area contributed by atoms with E-state index < -0.39 is 10.0 Å². The zero-order chi connectivity index (χ0) is 19.3. The summed E-state index contributed by atoms with van der Waals surface area (Å²) in [7, 11) is -3.61. The lowest BCUT2D eigenvalue weighted by Crippen LogP contribution is -2.51. The normalized spacial score (nSPS) is 16.8. The lowest BCUT2D eigenvalue weighted by atomic mass is 10.3. The molecule has 2 heterocycles. The molecule has 0 saturated carbocycles. The molecule has 0 N–H and O–H groups in total. The Morgan fingerprint density at radius 3 is 2.15 bits per heavy atom. The van der Waals surface area contributed by atoms with Crippen LogP contribution in [0.3, 0.4) is 0 Å². The fourth-order valence-corrected chi connectivity index (χ4v) is 5.01. The Kier molecular flexibility index (Phi) is 7.19. The van der Waals surface area contributed by atoms with Gasteiger partial charge in [-0.1, -0.05) is 19.0 Å². The average molecular weight is 387 g/mol. The van der Waals surface area contributed by atoms with Gasteiger partial charge in [-0.15, -0.1) is 0 Å². The van der Waals surface area contributed by atoms with Gasteiger partial charge in [0.1, 0.15) is 10.6 Å². The Morgan fingerprint density at radius 2 is 1.69 bits per heavy atom. The van der Waals surface area contributed by atoms with E-state index in [1.807, 2.05) is 9.80 Å². The van der Waals surface area contributed by atoms with E-state index in [1.54, 1.807) is 13.8 Å². The molecule has 1 fully saturated rings. The molecule has 0 aromatic carbocycles. The van der Waals surface area contributed by atoms with Crippen LogP contribution in [0.25, 0.3) is 0 Å². The molecule has 0 aliphatic carbocycles. The number of aromatic nitrogens is 1. The summed E-state index contributed by atoms with van der Waals surface area (Å²) in [6, 6.07) is 0. The molecule has 1 saturated heterocycles. The highest BCUT2D eigenvalue weighted by Gasteiger charge is 2.33. The molecule has 0 atom stereocenters. The number of piperazine rings is 1. The number of carbonyl (C=O) groups is 1. The number of aryl methyl sites for hydroxylation is 2. The highest BCUT2D eigenvalue weighted by Crippen LogP contribution is 2.24. The van der Waals surface area contributed by atoms with Crippen LogP contribution in [-0.2, 0) is 14.8 Å². The smallest absolute Gasteiger partial charge is 0.248 e. The highest BCUT2D eigenvalue weighted by atomic mass is 32.2. The van der Waals surface area contributed by atoms with Gasteiger partial charge in [-0.05, 0) is 26.7 Å². The van der Waals surface area contributed by atoms with Crippen LogP contribution in [0.5, 0.6) is 0 Å². The first-order chi connectivity index (χ1) is 12.3. The molecule has 1 amide bonds. The molecule has 8 nitrogen and oxygen atoms in total. The van der Waals surface area contributed by atoms with Gasteiger partial charge in [-0.25, -0.2) is 8.42 Å². The van der Waals surface area contributed by atoms with Crippen molar-refractivity contribution in [3.63, 3.8) is 0 Å². The second kappa shape index (κ2) is 8.96. The highest BCUT2D eigenvalue weighted by molar-refractivity contribution is 7.89. The van der Waals surface area contributed by atoms with Gasteiger partial charge in [0.25, 0.3) is 0 Å². The largest absolute Gasteiger partial charge is 0.360 e. The minimum Gasteiger partial charge on any atom is -0.360 e. The van der Waals surface area contributed by atoms with Crippen LogP contribution in [0.1, 0.15) is 38.1 Å². The second-order valence-electron chi connectivity index (χ2n) is 6.71. The summed E-state index contributed by atoms with van der Waals surface area (Å²) < 4.78 is 32.1. The summed E-state index contributed by atoms with van der Waals surface area (Å²) in [5, 5.41) is 3.74. The van der Waals surface area contributed by atoms with Gasteiger partial charge >= 0.3 is 0 Å². The van der Waals surface area contributed by atoms with Crippen molar-refractivity contribution in [1.29, 1.82) is 0 Å². The van der Waals surface area contributed by atoms with Crippen molar-refractivity contribution in [2.75, 3.05) is 45.8 Å². The zero-order valence-electron chi connectivity index (χ0n) is 16.2. The monoisotopic (exact) mass is 386 g/mol. The summed E-state index contributed by atoms with van der Waals surface area (Å²) in [6.45, 7) is 11.1. The van der Waals surface area contributed by atoms with Crippen LogP contribution < -0.4 is 0 Å². The molecule has 1 aromatic rings. The maximum Gasteiger partial charge on any atom is 0.248 e. The third kappa shape index (κ3) is 4.63. The molecule has 0 unspecified atom stereocenters. The summed E-state index contributed by atoms with van der Waals surface area (Å²) in [4.78, 5) is 16.6. The second-order valence-corrected chi connectivity index (χ2v) is 8.59. The van der Waals surface area contributed by atoms with Crippen molar-refractivity contribution in [2.45, 2.75) is 45.4 Å². The van der Waals surface area contributed by atoms with Gasteiger partial charge in [-0.2, -0.15) is 4.31 Å². The lowest BCUT2D eigenvalue weighted by Gasteiger charge is -2.34. The number of rotatable bonds is 8. The molecule has 1 aromatic heterocycles. The summed E-state index contributed by atoms with van der Waals surface area (Å²) in [5.74, 6) is 0.436. The van der Waals surface area contributed by atoms with Crippen LogP contribution in [-0.4, -0.2) is 79.4 Å². The van der Waals surface area contributed by atoms with Crippen molar-refractivity contribution >= 4 is 15.9 Å². The number of hydrogen-bond donors (Lipinski definition) is 0. The molecule has 148 valence electrons. The zero-order valence-corrected chi connectivity index (χ0v) is 17.0. The molecular formula is C17H30N4O4S. The van der Waals surface area contributed by atoms with Gasteiger partial charge in [-0.3, -0.25) is 9.69 Å².